The van der Waals surface area contributed by atoms with Gasteiger partial charge in [-0.15, -0.1) is 23.2 Å². The third kappa shape index (κ3) is 11.5. The van der Waals surface area contributed by atoms with Gasteiger partial charge in [-0.3, -0.25) is 4.79 Å². The summed E-state index contributed by atoms with van der Waals surface area (Å²) in [5, 5.41) is 0. The fourth-order valence-corrected chi connectivity index (χ4v) is 3.43. The van der Waals surface area contributed by atoms with E-state index in [1.807, 2.05) is 0 Å². The number of carbonyl (C=O) groups excluding carboxylic acids is 1. The van der Waals surface area contributed by atoms with Crippen LogP contribution in [0.2, 0.25) is 0 Å². The van der Waals surface area contributed by atoms with Crippen molar-refractivity contribution in [1.29, 1.82) is 0 Å². The van der Waals surface area contributed by atoms with Gasteiger partial charge in [0.15, 0.2) is 0 Å². The maximum atomic E-state index is 11.8. The first-order valence-electron chi connectivity index (χ1n) is 10.3. The number of nitrogens with zero attached hydrogens (tertiary/aromatic N) is 1. The molecular weight excluding hydrogens is 381 g/mol. The largest absolute Gasteiger partial charge is 0.466 e. The number of hydrogen-bond acceptors (Lipinski definition) is 3. The third-order valence-electron chi connectivity index (χ3n) is 4.62. The predicted octanol–water partition coefficient (Wildman–Crippen LogP) is 6.20. The Morgan fingerprint density at radius 1 is 0.926 bits per heavy atom. The highest BCUT2D eigenvalue weighted by molar-refractivity contribution is 6.18. The summed E-state index contributed by atoms with van der Waals surface area (Å²) < 4.78 is 5.32. The van der Waals surface area contributed by atoms with Gasteiger partial charge in [0, 0.05) is 37.0 Å². The standard InChI is InChI=1S/C22H35Cl2NO2/c1-2-3-4-5-6-7-19-27-22(26)10-8-9-20-11-13-21(14-12-20)25(17-15-23)18-16-24/h11-14H,2-10,15-19H2,1H3. The second-order valence-electron chi connectivity index (χ2n) is 6.87. The van der Waals surface area contributed by atoms with Crippen LogP contribution in [-0.2, 0) is 16.0 Å². The number of rotatable bonds is 16. The van der Waals surface area contributed by atoms with E-state index in [2.05, 4.69) is 36.1 Å². The van der Waals surface area contributed by atoms with E-state index in [0.717, 1.165) is 44.5 Å². The Morgan fingerprint density at radius 2 is 1.56 bits per heavy atom. The Balaban J connectivity index is 2.19. The number of unbranched alkanes of at least 4 members (excludes halogenated alkanes) is 5. The van der Waals surface area contributed by atoms with Crippen LogP contribution >= 0.6 is 23.2 Å². The lowest BCUT2D eigenvalue weighted by molar-refractivity contribution is -0.143. The molecule has 0 N–H and O–H groups in total. The average Bonchev–Trinajstić information content (AvgIpc) is 2.68. The molecule has 27 heavy (non-hydrogen) atoms. The van der Waals surface area contributed by atoms with Crippen molar-refractivity contribution in [3.05, 3.63) is 29.8 Å². The maximum absolute atomic E-state index is 11.8. The molecule has 0 aliphatic heterocycles. The van der Waals surface area contributed by atoms with Crippen LogP contribution in [0.15, 0.2) is 24.3 Å². The summed E-state index contributed by atoms with van der Waals surface area (Å²) in [4.78, 5) is 14.0. The van der Waals surface area contributed by atoms with E-state index in [1.54, 1.807) is 0 Å². The van der Waals surface area contributed by atoms with Crippen molar-refractivity contribution < 1.29 is 9.53 Å². The van der Waals surface area contributed by atoms with Gasteiger partial charge < -0.3 is 9.64 Å². The molecule has 3 nitrogen and oxygen atoms in total. The van der Waals surface area contributed by atoms with E-state index in [9.17, 15) is 4.79 Å². The van der Waals surface area contributed by atoms with Crippen molar-refractivity contribution in [2.75, 3.05) is 36.4 Å². The lowest BCUT2D eigenvalue weighted by Crippen LogP contribution is -2.27. The van der Waals surface area contributed by atoms with Crippen LogP contribution in [0.3, 0.4) is 0 Å². The number of ether oxygens (including phenoxy) is 1. The molecule has 0 saturated carbocycles. The second-order valence-corrected chi connectivity index (χ2v) is 7.63. The Labute approximate surface area is 175 Å². The van der Waals surface area contributed by atoms with Crippen LogP contribution in [0.1, 0.15) is 63.9 Å². The van der Waals surface area contributed by atoms with Crippen molar-refractivity contribution in [2.24, 2.45) is 0 Å². The van der Waals surface area contributed by atoms with E-state index in [0.29, 0.717) is 24.8 Å². The molecule has 0 fully saturated rings. The molecule has 0 radical (unpaired) electrons. The van der Waals surface area contributed by atoms with Gasteiger partial charge in [-0.25, -0.2) is 0 Å². The fraction of sp³-hybridized carbons (Fsp3) is 0.682. The van der Waals surface area contributed by atoms with Crippen molar-refractivity contribution >= 4 is 34.9 Å². The molecule has 154 valence electrons. The van der Waals surface area contributed by atoms with Crippen LogP contribution in [0.4, 0.5) is 5.69 Å². The molecule has 0 aromatic heterocycles. The van der Waals surface area contributed by atoms with Gasteiger partial charge in [0.1, 0.15) is 0 Å². The molecule has 0 bridgehead atoms. The van der Waals surface area contributed by atoms with Gasteiger partial charge >= 0.3 is 5.97 Å². The highest BCUT2D eigenvalue weighted by Gasteiger charge is 2.06. The zero-order chi connectivity index (χ0) is 19.7. The predicted molar refractivity (Wildman–Crippen MR) is 117 cm³/mol. The van der Waals surface area contributed by atoms with Gasteiger partial charge in [0.2, 0.25) is 0 Å². The number of halogens is 2. The van der Waals surface area contributed by atoms with E-state index in [-0.39, 0.29) is 5.97 Å². The molecule has 1 aromatic carbocycles. The minimum atomic E-state index is -0.0735. The third-order valence-corrected chi connectivity index (χ3v) is 4.96. The molecule has 1 aromatic rings. The summed E-state index contributed by atoms with van der Waals surface area (Å²) >= 11 is 11.7. The average molecular weight is 416 g/mol. The quantitative estimate of drug-likeness (QED) is 0.183. The molecule has 0 unspecified atom stereocenters. The Kier molecular flexibility index (Phi) is 14.3. The number of esters is 1. The smallest absolute Gasteiger partial charge is 0.305 e. The first-order chi connectivity index (χ1) is 13.2. The number of aryl methyl sites for hydroxylation is 1. The Bertz CT molecular complexity index is 488. The molecule has 0 heterocycles. The minimum Gasteiger partial charge on any atom is -0.466 e. The molecule has 5 heteroatoms. The summed E-state index contributed by atoms with van der Waals surface area (Å²) in [6, 6.07) is 8.44. The van der Waals surface area contributed by atoms with Gasteiger partial charge in [0.05, 0.1) is 6.61 Å². The van der Waals surface area contributed by atoms with Crippen LogP contribution in [-0.4, -0.2) is 37.4 Å². The van der Waals surface area contributed by atoms with Gasteiger partial charge in [-0.2, -0.15) is 0 Å². The normalized spacial score (nSPS) is 10.8. The molecule has 0 amide bonds. The number of hydrogen-bond donors (Lipinski definition) is 0. The zero-order valence-electron chi connectivity index (χ0n) is 16.7. The molecule has 0 saturated heterocycles. The lowest BCUT2D eigenvalue weighted by Gasteiger charge is -2.23. The van der Waals surface area contributed by atoms with Crippen LogP contribution < -0.4 is 4.90 Å². The van der Waals surface area contributed by atoms with Crippen LogP contribution in [0.25, 0.3) is 0 Å². The first-order valence-corrected chi connectivity index (χ1v) is 11.4. The number of anilines is 1. The number of alkyl halides is 2. The first kappa shape index (κ1) is 24.1. The minimum absolute atomic E-state index is 0.0735. The van der Waals surface area contributed by atoms with Crippen LogP contribution in [0, 0.1) is 0 Å². The van der Waals surface area contributed by atoms with Gasteiger partial charge in [-0.05, 0) is 37.0 Å². The molecule has 0 atom stereocenters. The van der Waals surface area contributed by atoms with E-state index < -0.39 is 0 Å². The summed E-state index contributed by atoms with van der Waals surface area (Å²) in [5.41, 5.74) is 2.37. The van der Waals surface area contributed by atoms with E-state index in [4.69, 9.17) is 27.9 Å². The highest BCUT2D eigenvalue weighted by atomic mass is 35.5. The zero-order valence-corrected chi connectivity index (χ0v) is 18.2. The van der Waals surface area contributed by atoms with Crippen molar-refractivity contribution in [3.63, 3.8) is 0 Å². The monoisotopic (exact) mass is 415 g/mol. The molecule has 0 aliphatic carbocycles. The van der Waals surface area contributed by atoms with Crippen molar-refractivity contribution in [3.8, 4) is 0 Å². The summed E-state index contributed by atoms with van der Waals surface area (Å²) in [5.74, 6) is 1.09. The lowest BCUT2D eigenvalue weighted by atomic mass is 10.1. The van der Waals surface area contributed by atoms with Gasteiger partial charge in [0.25, 0.3) is 0 Å². The fourth-order valence-electron chi connectivity index (χ4n) is 3.02. The second kappa shape index (κ2) is 16.1. The molecule has 0 aliphatic rings. The molecule has 1 rings (SSSR count). The summed E-state index contributed by atoms with van der Waals surface area (Å²) in [6.45, 7) is 4.36. The Hall–Kier alpha value is -0.930. The number of carbonyl (C=O) groups is 1. The van der Waals surface area contributed by atoms with E-state index >= 15 is 0 Å². The summed E-state index contributed by atoms with van der Waals surface area (Å²) in [6.07, 6.45) is 9.44. The van der Waals surface area contributed by atoms with E-state index in [1.165, 1.54) is 31.2 Å². The van der Waals surface area contributed by atoms with Gasteiger partial charge in [-0.1, -0.05) is 51.2 Å². The Morgan fingerprint density at radius 3 is 2.19 bits per heavy atom. The molecular formula is C22H35Cl2NO2. The van der Waals surface area contributed by atoms with Crippen LogP contribution in [0.5, 0.6) is 0 Å². The van der Waals surface area contributed by atoms with Crippen molar-refractivity contribution in [2.45, 2.75) is 64.7 Å². The topological polar surface area (TPSA) is 29.5 Å². The highest BCUT2D eigenvalue weighted by Crippen LogP contribution is 2.17. The maximum Gasteiger partial charge on any atom is 0.305 e. The SMILES string of the molecule is CCCCCCCCOC(=O)CCCc1ccc(N(CCCl)CCCl)cc1. The number of benzene rings is 1. The summed E-state index contributed by atoms with van der Waals surface area (Å²) in [7, 11) is 0. The molecule has 0 spiro atoms. The van der Waals surface area contributed by atoms with Crippen molar-refractivity contribution in [1.82, 2.24) is 0 Å².